The molecule has 1 unspecified atom stereocenters. The van der Waals surface area contributed by atoms with Crippen molar-refractivity contribution in [3.63, 3.8) is 0 Å². The third kappa shape index (κ3) is 3.96. The van der Waals surface area contributed by atoms with Gasteiger partial charge in [-0.25, -0.2) is 18.5 Å². The van der Waals surface area contributed by atoms with Gasteiger partial charge in [0, 0.05) is 18.7 Å². The Labute approximate surface area is 164 Å². The molecule has 152 valence electrons. The predicted octanol–water partition coefficient (Wildman–Crippen LogP) is 2.29. The highest BCUT2D eigenvalue weighted by Gasteiger charge is 2.40. The number of rotatable bonds is 5. The fraction of sp³-hybridized carbons (Fsp3) is 0.211. The van der Waals surface area contributed by atoms with Crippen LogP contribution in [0.3, 0.4) is 0 Å². The van der Waals surface area contributed by atoms with Gasteiger partial charge < -0.3 is 20.1 Å². The molecule has 0 aromatic heterocycles. The normalized spacial score (nSPS) is 16.3. The van der Waals surface area contributed by atoms with E-state index in [9.17, 15) is 23.2 Å². The molecule has 0 bridgehead atoms. The first-order chi connectivity index (χ1) is 13.8. The maximum atomic E-state index is 13.8. The number of halogens is 2. The predicted molar refractivity (Wildman–Crippen MR) is 98.9 cm³/mol. The van der Waals surface area contributed by atoms with E-state index in [0.29, 0.717) is 11.8 Å². The molecule has 3 rings (SSSR count). The average molecular weight is 405 g/mol. The third-order valence-electron chi connectivity index (χ3n) is 4.31. The van der Waals surface area contributed by atoms with Crippen molar-refractivity contribution in [3.05, 3.63) is 48.0 Å². The smallest absolute Gasteiger partial charge is 0.328 e. The number of carbonyl (C=O) groups is 3. The molecule has 10 heteroatoms. The third-order valence-corrected chi connectivity index (χ3v) is 4.31. The van der Waals surface area contributed by atoms with Crippen molar-refractivity contribution in [2.45, 2.75) is 0 Å². The molecule has 2 N–H and O–H groups in total. The maximum absolute atomic E-state index is 13.8. The molecule has 0 saturated carbocycles. The molecule has 1 atom stereocenters. The zero-order valence-corrected chi connectivity index (χ0v) is 15.5. The van der Waals surface area contributed by atoms with Gasteiger partial charge in [-0.2, -0.15) is 0 Å². The van der Waals surface area contributed by atoms with Gasteiger partial charge in [-0.1, -0.05) is 0 Å². The molecule has 4 amide bonds. The van der Waals surface area contributed by atoms with Crippen molar-refractivity contribution in [2.24, 2.45) is 5.92 Å². The summed E-state index contributed by atoms with van der Waals surface area (Å²) in [5, 5.41) is 4.69. The number of carbonyl (C=O) groups excluding carboxylic acids is 3. The van der Waals surface area contributed by atoms with Crippen LogP contribution in [0.5, 0.6) is 11.5 Å². The second kappa shape index (κ2) is 8.13. The molecule has 0 spiro atoms. The van der Waals surface area contributed by atoms with Gasteiger partial charge in [-0.3, -0.25) is 9.59 Å². The van der Waals surface area contributed by atoms with Crippen LogP contribution >= 0.6 is 0 Å². The molecular formula is C19H17F2N3O5. The number of benzene rings is 2. The second-order valence-electron chi connectivity index (χ2n) is 6.06. The summed E-state index contributed by atoms with van der Waals surface area (Å²) in [5.41, 5.74) is -0.116. The summed E-state index contributed by atoms with van der Waals surface area (Å²) in [6.07, 6.45) is 0. The van der Waals surface area contributed by atoms with Gasteiger partial charge >= 0.3 is 6.03 Å². The highest BCUT2D eigenvalue weighted by Crippen LogP contribution is 2.32. The summed E-state index contributed by atoms with van der Waals surface area (Å²) in [6.45, 7) is -0.268. The first kappa shape index (κ1) is 20.1. The Hall–Kier alpha value is -3.69. The molecule has 1 fully saturated rings. The first-order valence-electron chi connectivity index (χ1n) is 8.45. The topological polar surface area (TPSA) is 97.0 Å². The highest BCUT2D eigenvalue weighted by atomic mass is 19.1. The Kier molecular flexibility index (Phi) is 5.62. The van der Waals surface area contributed by atoms with E-state index < -0.39 is 35.4 Å². The number of anilines is 2. The summed E-state index contributed by atoms with van der Waals surface area (Å²) >= 11 is 0. The quantitative estimate of drug-likeness (QED) is 0.744. The van der Waals surface area contributed by atoms with Crippen molar-refractivity contribution < 1.29 is 32.6 Å². The number of urea groups is 1. The number of imide groups is 1. The van der Waals surface area contributed by atoms with Crippen LogP contribution in [0.25, 0.3) is 0 Å². The fourth-order valence-electron chi connectivity index (χ4n) is 2.84. The molecule has 1 saturated heterocycles. The lowest BCUT2D eigenvalue weighted by molar-refractivity contribution is -0.130. The SMILES string of the molecule is COc1ccc(N2C(=O)NCC(C(=O)Nc3ccc(F)cc3F)C2=O)cc1OC. The molecule has 1 aliphatic rings. The van der Waals surface area contributed by atoms with Crippen LogP contribution in [0, 0.1) is 17.6 Å². The molecule has 8 nitrogen and oxygen atoms in total. The van der Waals surface area contributed by atoms with Crippen molar-refractivity contribution in [3.8, 4) is 11.5 Å². The van der Waals surface area contributed by atoms with E-state index in [-0.39, 0.29) is 23.7 Å². The van der Waals surface area contributed by atoms with Gasteiger partial charge in [0.2, 0.25) is 11.8 Å². The molecule has 2 aromatic rings. The van der Waals surface area contributed by atoms with E-state index in [1.807, 2.05) is 0 Å². The number of nitrogens with one attached hydrogen (secondary N) is 2. The minimum absolute atomic E-state index is 0.163. The first-order valence-corrected chi connectivity index (χ1v) is 8.45. The van der Waals surface area contributed by atoms with Gasteiger partial charge in [0.15, 0.2) is 11.5 Å². The number of amides is 4. The van der Waals surface area contributed by atoms with Gasteiger partial charge in [-0.15, -0.1) is 0 Å². The van der Waals surface area contributed by atoms with Crippen LogP contribution in [-0.4, -0.2) is 38.6 Å². The number of hydrogen-bond donors (Lipinski definition) is 2. The Balaban J connectivity index is 1.85. The van der Waals surface area contributed by atoms with Crippen molar-refractivity contribution in [1.29, 1.82) is 0 Å². The van der Waals surface area contributed by atoms with Gasteiger partial charge in [-0.05, 0) is 24.3 Å². The zero-order chi connectivity index (χ0) is 21.1. The number of nitrogens with zero attached hydrogens (tertiary/aromatic N) is 1. The number of ether oxygens (including phenoxy) is 2. The van der Waals surface area contributed by atoms with Gasteiger partial charge in [0.05, 0.1) is 25.6 Å². The summed E-state index contributed by atoms with van der Waals surface area (Å²) in [4.78, 5) is 38.4. The van der Waals surface area contributed by atoms with Gasteiger partial charge in [0.1, 0.15) is 17.6 Å². The zero-order valence-electron chi connectivity index (χ0n) is 15.5. The summed E-state index contributed by atoms with van der Waals surface area (Å²) in [7, 11) is 2.83. The van der Waals surface area contributed by atoms with Crippen LogP contribution in [-0.2, 0) is 9.59 Å². The molecule has 2 aromatic carbocycles. The summed E-state index contributed by atoms with van der Waals surface area (Å²) in [6, 6.07) is 6.27. The van der Waals surface area contributed by atoms with E-state index in [1.54, 1.807) is 0 Å². The van der Waals surface area contributed by atoms with Crippen LogP contribution in [0.15, 0.2) is 36.4 Å². The molecule has 29 heavy (non-hydrogen) atoms. The largest absolute Gasteiger partial charge is 0.493 e. The standard InChI is InChI=1S/C19H17F2N3O5/c1-28-15-6-4-11(8-16(15)29-2)24-18(26)12(9-22-19(24)27)17(25)23-14-5-3-10(20)7-13(14)21/h3-8,12H,9H2,1-2H3,(H,22,27)(H,23,25). The lowest BCUT2D eigenvalue weighted by Gasteiger charge is -2.31. The van der Waals surface area contributed by atoms with Crippen molar-refractivity contribution >= 4 is 29.2 Å². The molecule has 0 aliphatic carbocycles. The fourth-order valence-corrected chi connectivity index (χ4v) is 2.84. The Morgan fingerprint density at radius 2 is 1.83 bits per heavy atom. The van der Waals surface area contributed by atoms with E-state index >= 15 is 0 Å². The van der Waals surface area contributed by atoms with Crippen LogP contribution < -0.4 is 25.0 Å². The van der Waals surface area contributed by atoms with Gasteiger partial charge in [0.25, 0.3) is 0 Å². The Bertz CT molecular complexity index is 982. The highest BCUT2D eigenvalue weighted by molar-refractivity contribution is 6.23. The number of hydrogen-bond acceptors (Lipinski definition) is 5. The summed E-state index contributed by atoms with van der Waals surface area (Å²) in [5.74, 6) is -4.08. The molecule has 1 heterocycles. The van der Waals surface area contributed by atoms with Crippen LogP contribution in [0.1, 0.15) is 0 Å². The van der Waals surface area contributed by atoms with Crippen molar-refractivity contribution in [2.75, 3.05) is 31.0 Å². The lowest BCUT2D eigenvalue weighted by atomic mass is 10.0. The number of methoxy groups -OCH3 is 2. The molecular weight excluding hydrogens is 388 g/mol. The van der Waals surface area contributed by atoms with E-state index in [1.165, 1.54) is 32.4 Å². The Morgan fingerprint density at radius 3 is 2.48 bits per heavy atom. The van der Waals surface area contributed by atoms with Crippen LogP contribution in [0.4, 0.5) is 25.0 Å². The second-order valence-corrected chi connectivity index (χ2v) is 6.06. The minimum Gasteiger partial charge on any atom is -0.493 e. The van der Waals surface area contributed by atoms with Crippen molar-refractivity contribution in [1.82, 2.24) is 5.32 Å². The molecule has 1 aliphatic heterocycles. The monoisotopic (exact) mass is 405 g/mol. The van der Waals surface area contributed by atoms with Crippen LogP contribution in [0.2, 0.25) is 0 Å². The minimum atomic E-state index is -1.31. The summed E-state index contributed by atoms with van der Waals surface area (Å²) < 4.78 is 37.1. The molecule has 0 radical (unpaired) electrons. The Morgan fingerprint density at radius 1 is 1.10 bits per heavy atom. The average Bonchev–Trinajstić information content (AvgIpc) is 2.70. The maximum Gasteiger partial charge on any atom is 0.328 e. The van der Waals surface area contributed by atoms with E-state index in [0.717, 1.165) is 17.0 Å². The lowest BCUT2D eigenvalue weighted by Crippen LogP contribution is -2.58. The van der Waals surface area contributed by atoms with E-state index in [4.69, 9.17) is 9.47 Å². The van der Waals surface area contributed by atoms with E-state index in [2.05, 4.69) is 10.6 Å².